The topological polar surface area (TPSA) is 52.4 Å². The summed E-state index contributed by atoms with van der Waals surface area (Å²) in [7, 11) is 1.62. The van der Waals surface area contributed by atoms with Crippen LogP contribution in [-0.2, 0) is 6.42 Å². The molecule has 2 aromatic rings. The highest BCUT2D eigenvalue weighted by atomic mass is 16.6. The van der Waals surface area contributed by atoms with E-state index in [9.17, 15) is 10.1 Å². The number of methoxy groups -OCH3 is 1. The van der Waals surface area contributed by atoms with Gasteiger partial charge < -0.3 is 4.74 Å². The first-order valence-corrected chi connectivity index (χ1v) is 5.65. The van der Waals surface area contributed by atoms with Gasteiger partial charge in [-0.15, -0.1) is 0 Å². The zero-order chi connectivity index (χ0) is 12.7. The molecule has 1 aliphatic rings. The molecule has 0 saturated heterocycles. The van der Waals surface area contributed by atoms with Crippen LogP contribution in [0.1, 0.15) is 11.1 Å². The van der Waals surface area contributed by atoms with Crippen molar-refractivity contribution in [2.24, 2.45) is 0 Å². The number of ether oxygens (including phenoxy) is 1. The largest absolute Gasteiger partial charge is 0.496 e. The number of rotatable bonds is 2. The molecule has 0 spiro atoms. The molecule has 2 aromatic carbocycles. The second kappa shape index (κ2) is 3.84. The van der Waals surface area contributed by atoms with Crippen molar-refractivity contribution < 1.29 is 9.66 Å². The van der Waals surface area contributed by atoms with Gasteiger partial charge in [-0.1, -0.05) is 24.3 Å². The van der Waals surface area contributed by atoms with Gasteiger partial charge >= 0.3 is 0 Å². The maximum Gasteiger partial charge on any atom is 0.273 e. The molecule has 0 radical (unpaired) electrons. The number of benzene rings is 2. The van der Waals surface area contributed by atoms with E-state index in [2.05, 4.69) is 0 Å². The van der Waals surface area contributed by atoms with Crippen molar-refractivity contribution in [2.75, 3.05) is 7.11 Å². The molecule has 18 heavy (non-hydrogen) atoms. The number of nitro groups is 1. The molecule has 0 saturated carbocycles. The van der Waals surface area contributed by atoms with Crippen LogP contribution in [0.15, 0.2) is 36.4 Å². The Morgan fingerprint density at radius 3 is 2.72 bits per heavy atom. The summed E-state index contributed by atoms with van der Waals surface area (Å²) >= 11 is 0. The van der Waals surface area contributed by atoms with Crippen molar-refractivity contribution in [3.8, 4) is 16.9 Å². The maximum absolute atomic E-state index is 11.0. The van der Waals surface area contributed by atoms with E-state index >= 15 is 0 Å². The predicted molar refractivity (Wildman–Crippen MR) is 67.9 cm³/mol. The summed E-state index contributed by atoms with van der Waals surface area (Å²) in [5.74, 6) is 0.770. The van der Waals surface area contributed by atoms with E-state index in [-0.39, 0.29) is 10.6 Å². The SMILES string of the molecule is COc1cccc2c1-c1cccc([N+](=O)[O-])c1C2. The average Bonchev–Trinajstić information content (AvgIpc) is 2.76. The first kappa shape index (κ1) is 10.8. The fraction of sp³-hybridized carbons (Fsp3) is 0.143. The van der Waals surface area contributed by atoms with Gasteiger partial charge in [-0.3, -0.25) is 10.1 Å². The molecule has 0 N–H and O–H groups in total. The van der Waals surface area contributed by atoms with E-state index < -0.39 is 0 Å². The van der Waals surface area contributed by atoms with E-state index in [1.807, 2.05) is 24.3 Å². The fourth-order valence-electron chi connectivity index (χ4n) is 2.56. The van der Waals surface area contributed by atoms with Gasteiger partial charge in [-0.05, 0) is 17.2 Å². The maximum atomic E-state index is 11.0. The summed E-state index contributed by atoms with van der Waals surface area (Å²) in [6, 6.07) is 11.0. The zero-order valence-corrected chi connectivity index (χ0v) is 9.84. The highest BCUT2D eigenvalue weighted by Gasteiger charge is 2.28. The molecule has 0 fully saturated rings. The van der Waals surface area contributed by atoms with Crippen molar-refractivity contribution >= 4 is 5.69 Å². The summed E-state index contributed by atoms with van der Waals surface area (Å²) in [5.41, 5.74) is 3.95. The van der Waals surface area contributed by atoms with Gasteiger partial charge in [0, 0.05) is 23.6 Å². The molecule has 4 heteroatoms. The summed E-state index contributed by atoms with van der Waals surface area (Å²) < 4.78 is 5.34. The van der Waals surface area contributed by atoms with Gasteiger partial charge in [0.2, 0.25) is 0 Å². The number of hydrogen-bond acceptors (Lipinski definition) is 3. The molecular formula is C14H11NO3. The Hall–Kier alpha value is -2.36. The third kappa shape index (κ3) is 1.39. The van der Waals surface area contributed by atoms with Crippen LogP contribution < -0.4 is 4.74 Å². The molecule has 0 aromatic heterocycles. The molecule has 0 aliphatic heterocycles. The first-order valence-electron chi connectivity index (χ1n) is 5.65. The van der Waals surface area contributed by atoms with E-state index in [0.29, 0.717) is 6.42 Å². The summed E-state index contributed by atoms with van der Waals surface area (Å²) in [6.45, 7) is 0. The highest BCUT2D eigenvalue weighted by Crippen LogP contribution is 2.45. The lowest BCUT2D eigenvalue weighted by Gasteiger charge is -2.07. The van der Waals surface area contributed by atoms with Crippen molar-refractivity contribution in [1.82, 2.24) is 0 Å². The van der Waals surface area contributed by atoms with Crippen LogP contribution in [0.4, 0.5) is 5.69 Å². The smallest absolute Gasteiger partial charge is 0.273 e. The lowest BCUT2D eigenvalue weighted by atomic mass is 10.0. The molecule has 3 rings (SSSR count). The molecule has 4 nitrogen and oxygen atoms in total. The van der Waals surface area contributed by atoms with Gasteiger partial charge in [0.05, 0.1) is 12.0 Å². The normalized spacial score (nSPS) is 11.8. The Bertz CT molecular complexity index is 649. The van der Waals surface area contributed by atoms with Crippen molar-refractivity contribution in [3.63, 3.8) is 0 Å². The van der Waals surface area contributed by atoms with Crippen LogP contribution in [-0.4, -0.2) is 12.0 Å². The van der Waals surface area contributed by atoms with E-state index in [1.165, 1.54) is 0 Å². The van der Waals surface area contributed by atoms with E-state index in [4.69, 9.17) is 4.74 Å². The number of nitro benzene ring substituents is 1. The van der Waals surface area contributed by atoms with Crippen molar-refractivity contribution in [3.05, 3.63) is 57.6 Å². The standard InChI is InChI=1S/C14H11NO3/c1-18-13-7-2-4-9-8-11-10(14(9)13)5-3-6-12(11)15(16)17/h2-7H,8H2,1H3. The van der Waals surface area contributed by atoms with Gasteiger partial charge in [0.25, 0.3) is 5.69 Å². The van der Waals surface area contributed by atoms with Crippen LogP contribution >= 0.6 is 0 Å². The number of nitrogens with zero attached hydrogens (tertiary/aromatic N) is 1. The average molecular weight is 241 g/mol. The molecule has 90 valence electrons. The van der Waals surface area contributed by atoms with Crippen LogP contribution in [0.3, 0.4) is 0 Å². The summed E-state index contributed by atoms with van der Waals surface area (Å²) in [5, 5.41) is 11.0. The highest BCUT2D eigenvalue weighted by molar-refractivity contribution is 5.84. The third-order valence-corrected chi connectivity index (χ3v) is 3.32. The molecule has 0 bridgehead atoms. The molecule has 0 amide bonds. The molecular weight excluding hydrogens is 230 g/mol. The minimum atomic E-state index is -0.322. The Kier molecular flexibility index (Phi) is 2.30. The fourth-order valence-corrected chi connectivity index (χ4v) is 2.56. The second-order valence-corrected chi connectivity index (χ2v) is 4.23. The third-order valence-electron chi connectivity index (χ3n) is 3.32. The molecule has 0 heterocycles. The van der Waals surface area contributed by atoms with E-state index in [1.54, 1.807) is 19.2 Å². The lowest BCUT2D eigenvalue weighted by molar-refractivity contribution is -0.385. The second-order valence-electron chi connectivity index (χ2n) is 4.23. The Labute approximate surface area is 104 Å². The minimum Gasteiger partial charge on any atom is -0.496 e. The van der Waals surface area contributed by atoms with Crippen LogP contribution in [0.25, 0.3) is 11.1 Å². The Balaban J connectivity index is 2.28. The molecule has 0 unspecified atom stereocenters. The Morgan fingerprint density at radius 1 is 1.22 bits per heavy atom. The first-order chi connectivity index (χ1) is 8.72. The van der Waals surface area contributed by atoms with Crippen molar-refractivity contribution in [1.29, 1.82) is 0 Å². The molecule has 0 atom stereocenters. The molecule has 1 aliphatic carbocycles. The van der Waals surface area contributed by atoms with Crippen molar-refractivity contribution in [2.45, 2.75) is 6.42 Å². The summed E-state index contributed by atoms with van der Waals surface area (Å²) in [4.78, 5) is 10.7. The zero-order valence-electron chi connectivity index (χ0n) is 9.84. The van der Waals surface area contributed by atoms with Gasteiger partial charge in [0.1, 0.15) is 5.75 Å². The van der Waals surface area contributed by atoms with Gasteiger partial charge in [-0.25, -0.2) is 0 Å². The predicted octanol–water partition coefficient (Wildman–Crippen LogP) is 3.17. The number of hydrogen-bond donors (Lipinski definition) is 0. The van der Waals surface area contributed by atoms with Crippen LogP contribution in [0, 0.1) is 10.1 Å². The Morgan fingerprint density at radius 2 is 2.00 bits per heavy atom. The quantitative estimate of drug-likeness (QED) is 0.511. The summed E-state index contributed by atoms with van der Waals surface area (Å²) in [6.07, 6.45) is 0.596. The lowest BCUT2D eigenvalue weighted by Crippen LogP contribution is -1.93. The van der Waals surface area contributed by atoms with Gasteiger partial charge in [-0.2, -0.15) is 0 Å². The monoisotopic (exact) mass is 241 g/mol. The van der Waals surface area contributed by atoms with Gasteiger partial charge in [0.15, 0.2) is 0 Å². The minimum absolute atomic E-state index is 0.186. The number of fused-ring (bicyclic) bond motifs is 3. The van der Waals surface area contributed by atoms with E-state index in [0.717, 1.165) is 28.0 Å². The van der Waals surface area contributed by atoms with Crippen LogP contribution in [0.2, 0.25) is 0 Å². The van der Waals surface area contributed by atoms with Crippen LogP contribution in [0.5, 0.6) is 5.75 Å².